The van der Waals surface area contributed by atoms with Crippen LogP contribution in [-0.2, 0) is 11.3 Å². The van der Waals surface area contributed by atoms with Crippen LogP contribution in [0.1, 0.15) is 26.3 Å². The van der Waals surface area contributed by atoms with Crippen molar-refractivity contribution >= 4 is 29.0 Å². The second-order valence-electron chi connectivity index (χ2n) is 8.38. The third-order valence-corrected chi connectivity index (χ3v) is 6.79. The van der Waals surface area contributed by atoms with Gasteiger partial charge in [-0.15, -0.1) is 21.5 Å². The Labute approximate surface area is 197 Å². The molecule has 0 spiro atoms. The number of carbonyl (C=O) groups is 1. The van der Waals surface area contributed by atoms with Gasteiger partial charge in [0.2, 0.25) is 5.91 Å². The van der Waals surface area contributed by atoms with E-state index in [2.05, 4.69) is 43.1 Å². The van der Waals surface area contributed by atoms with E-state index in [-0.39, 0.29) is 11.4 Å². The maximum atomic E-state index is 13.3. The van der Waals surface area contributed by atoms with E-state index in [0.717, 1.165) is 22.0 Å². The topological polar surface area (TPSA) is 51.0 Å². The van der Waals surface area contributed by atoms with Crippen molar-refractivity contribution in [2.45, 2.75) is 38.0 Å². The molecular weight excluding hydrogens is 436 g/mol. The molecule has 0 aliphatic carbocycles. The van der Waals surface area contributed by atoms with Crippen molar-refractivity contribution in [1.82, 2.24) is 19.7 Å². The molecule has 0 saturated carbocycles. The molecule has 2 aromatic heterocycles. The van der Waals surface area contributed by atoms with Gasteiger partial charge in [-0.2, -0.15) is 0 Å². The molecule has 5 nitrogen and oxygen atoms in total. The Hall–Kier alpha value is -2.90. The van der Waals surface area contributed by atoms with Gasteiger partial charge in [0.05, 0.1) is 10.6 Å². The van der Waals surface area contributed by atoms with Crippen LogP contribution < -0.4 is 0 Å². The van der Waals surface area contributed by atoms with E-state index in [1.165, 1.54) is 11.8 Å². The average Bonchev–Trinajstić information content (AvgIpc) is 3.46. The minimum absolute atomic E-state index is 0.0756. The number of rotatable bonds is 7. The monoisotopic (exact) mass is 462 g/mol. The summed E-state index contributed by atoms with van der Waals surface area (Å²) >= 11 is 3.05. The predicted octanol–water partition coefficient (Wildman–Crippen LogP) is 5.92. The van der Waals surface area contributed by atoms with Crippen LogP contribution in [0.2, 0.25) is 0 Å². The number of hydrogen-bond donors (Lipinski definition) is 0. The van der Waals surface area contributed by atoms with Crippen molar-refractivity contribution in [2.24, 2.45) is 0 Å². The van der Waals surface area contributed by atoms with Crippen molar-refractivity contribution in [3.63, 3.8) is 0 Å². The van der Waals surface area contributed by atoms with Crippen LogP contribution in [0.3, 0.4) is 0 Å². The standard InChI is InChI=1S/C25H26N4OS2/c1-25(2,3)28(17-19-11-6-4-7-12-19)22(30)18-32-24-27-26-23(21-15-10-16-31-21)29(24)20-13-8-5-9-14-20/h4-16H,17-18H2,1-3H3. The van der Waals surface area contributed by atoms with Crippen LogP contribution in [0.25, 0.3) is 16.4 Å². The zero-order chi connectivity index (χ0) is 22.6. The van der Waals surface area contributed by atoms with E-state index in [1.54, 1.807) is 11.3 Å². The smallest absolute Gasteiger partial charge is 0.233 e. The zero-order valence-corrected chi connectivity index (χ0v) is 20.1. The van der Waals surface area contributed by atoms with Gasteiger partial charge in [0.25, 0.3) is 0 Å². The van der Waals surface area contributed by atoms with E-state index in [4.69, 9.17) is 0 Å². The van der Waals surface area contributed by atoms with E-state index < -0.39 is 0 Å². The van der Waals surface area contributed by atoms with Crippen LogP contribution in [-0.4, -0.2) is 36.9 Å². The van der Waals surface area contributed by atoms with Gasteiger partial charge in [0, 0.05) is 17.8 Å². The first-order chi connectivity index (χ1) is 15.4. The highest BCUT2D eigenvalue weighted by molar-refractivity contribution is 7.99. The fraction of sp³-hybridized carbons (Fsp3) is 0.240. The molecule has 4 aromatic rings. The molecule has 0 radical (unpaired) electrons. The highest BCUT2D eigenvalue weighted by Crippen LogP contribution is 2.31. The maximum absolute atomic E-state index is 13.3. The molecule has 0 bridgehead atoms. The molecule has 0 saturated heterocycles. The molecule has 0 aliphatic heterocycles. The summed E-state index contributed by atoms with van der Waals surface area (Å²) in [4.78, 5) is 16.3. The second-order valence-corrected chi connectivity index (χ2v) is 10.3. The number of carbonyl (C=O) groups excluding carboxylic acids is 1. The van der Waals surface area contributed by atoms with Crippen LogP contribution in [0.5, 0.6) is 0 Å². The van der Waals surface area contributed by atoms with Crippen LogP contribution >= 0.6 is 23.1 Å². The molecule has 0 aliphatic rings. The van der Waals surface area contributed by atoms with Crippen molar-refractivity contribution in [1.29, 1.82) is 0 Å². The summed E-state index contributed by atoms with van der Waals surface area (Å²) in [7, 11) is 0. The Bertz CT molecular complexity index is 1150. The van der Waals surface area contributed by atoms with Gasteiger partial charge in [-0.3, -0.25) is 9.36 Å². The van der Waals surface area contributed by atoms with E-state index in [9.17, 15) is 4.79 Å². The molecule has 0 atom stereocenters. The second kappa shape index (κ2) is 9.71. The third kappa shape index (κ3) is 5.11. The summed E-state index contributed by atoms with van der Waals surface area (Å²) < 4.78 is 2.03. The summed E-state index contributed by atoms with van der Waals surface area (Å²) in [5, 5.41) is 11.6. The molecule has 0 unspecified atom stereocenters. The van der Waals surface area contributed by atoms with Gasteiger partial charge in [-0.25, -0.2) is 0 Å². The molecule has 164 valence electrons. The Morgan fingerprint density at radius 1 is 0.969 bits per heavy atom. The SMILES string of the molecule is CC(C)(C)N(Cc1ccccc1)C(=O)CSc1nnc(-c2cccs2)n1-c1ccccc1. The van der Waals surface area contributed by atoms with Crippen LogP contribution in [0.4, 0.5) is 0 Å². The number of amides is 1. The van der Waals surface area contributed by atoms with Gasteiger partial charge in [0.1, 0.15) is 0 Å². The molecule has 32 heavy (non-hydrogen) atoms. The lowest BCUT2D eigenvalue weighted by Crippen LogP contribution is -2.45. The average molecular weight is 463 g/mol. The fourth-order valence-corrected chi connectivity index (χ4v) is 4.93. The number of hydrogen-bond acceptors (Lipinski definition) is 5. The number of benzene rings is 2. The van der Waals surface area contributed by atoms with Gasteiger partial charge >= 0.3 is 0 Å². The highest BCUT2D eigenvalue weighted by Gasteiger charge is 2.27. The van der Waals surface area contributed by atoms with E-state index in [1.807, 2.05) is 75.5 Å². The van der Waals surface area contributed by atoms with Crippen molar-refractivity contribution in [3.8, 4) is 16.4 Å². The first kappa shape index (κ1) is 22.3. The largest absolute Gasteiger partial charge is 0.333 e. The first-order valence-electron chi connectivity index (χ1n) is 10.5. The number of thioether (sulfide) groups is 1. The number of aromatic nitrogens is 3. The molecule has 2 aromatic carbocycles. The number of nitrogens with zero attached hydrogens (tertiary/aromatic N) is 4. The third-order valence-electron chi connectivity index (χ3n) is 5.01. The lowest BCUT2D eigenvalue weighted by atomic mass is 10.0. The Morgan fingerprint density at radius 2 is 1.66 bits per heavy atom. The summed E-state index contributed by atoms with van der Waals surface area (Å²) in [5.74, 6) is 1.16. The van der Waals surface area contributed by atoms with Gasteiger partial charge in [-0.05, 0) is 49.9 Å². The fourth-order valence-electron chi connectivity index (χ4n) is 3.41. The molecular formula is C25H26N4OS2. The molecule has 0 fully saturated rings. The normalized spacial score (nSPS) is 11.5. The molecule has 1 amide bonds. The first-order valence-corrected chi connectivity index (χ1v) is 12.3. The van der Waals surface area contributed by atoms with E-state index in [0.29, 0.717) is 17.5 Å². The predicted molar refractivity (Wildman–Crippen MR) is 132 cm³/mol. The Kier molecular flexibility index (Phi) is 6.77. The van der Waals surface area contributed by atoms with Crippen LogP contribution in [0, 0.1) is 0 Å². The molecule has 0 N–H and O–H groups in total. The Morgan fingerprint density at radius 3 is 2.28 bits per heavy atom. The Balaban J connectivity index is 1.58. The summed E-state index contributed by atoms with van der Waals surface area (Å²) in [6, 6.07) is 24.2. The van der Waals surface area contributed by atoms with Crippen molar-refractivity contribution < 1.29 is 4.79 Å². The minimum Gasteiger partial charge on any atom is -0.333 e. The molecule has 2 heterocycles. The van der Waals surface area contributed by atoms with E-state index >= 15 is 0 Å². The maximum Gasteiger partial charge on any atom is 0.233 e. The quantitative estimate of drug-likeness (QED) is 0.320. The summed E-state index contributed by atoms with van der Waals surface area (Å²) in [5.41, 5.74) is 1.81. The minimum atomic E-state index is -0.289. The summed E-state index contributed by atoms with van der Waals surface area (Å²) in [6.45, 7) is 6.79. The molecule has 4 rings (SSSR count). The van der Waals surface area contributed by atoms with Gasteiger partial charge in [-0.1, -0.05) is 66.4 Å². The highest BCUT2D eigenvalue weighted by atomic mass is 32.2. The number of para-hydroxylation sites is 1. The van der Waals surface area contributed by atoms with Crippen molar-refractivity contribution in [2.75, 3.05) is 5.75 Å². The lowest BCUT2D eigenvalue weighted by molar-refractivity contribution is -0.133. The van der Waals surface area contributed by atoms with Crippen molar-refractivity contribution in [3.05, 3.63) is 83.7 Å². The van der Waals surface area contributed by atoms with Gasteiger partial charge < -0.3 is 4.90 Å². The van der Waals surface area contributed by atoms with Crippen LogP contribution in [0.15, 0.2) is 83.3 Å². The summed E-state index contributed by atoms with van der Waals surface area (Å²) in [6.07, 6.45) is 0. The van der Waals surface area contributed by atoms with Gasteiger partial charge in [0.15, 0.2) is 11.0 Å². The number of thiophene rings is 1. The molecule has 7 heteroatoms. The zero-order valence-electron chi connectivity index (χ0n) is 18.4. The lowest BCUT2D eigenvalue weighted by Gasteiger charge is -2.36.